The molecule has 1 N–H and O–H groups in total. The number of rotatable bonds is 7. The summed E-state index contributed by atoms with van der Waals surface area (Å²) in [6, 6.07) is 6.21. The summed E-state index contributed by atoms with van der Waals surface area (Å²) in [5, 5.41) is 3.43. The van der Waals surface area contributed by atoms with Crippen LogP contribution in [0, 0.1) is 5.92 Å². The minimum Gasteiger partial charge on any atom is -0.493 e. The van der Waals surface area contributed by atoms with Crippen molar-refractivity contribution in [3.63, 3.8) is 0 Å². The Hall–Kier alpha value is -0.970. The molecule has 1 heterocycles. The van der Waals surface area contributed by atoms with Crippen LogP contribution in [0.15, 0.2) is 18.2 Å². The third kappa shape index (κ3) is 5.34. The summed E-state index contributed by atoms with van der Waals surface area (Å²) in [5.74, 6) is 2.43. The van der Waals surface area contributed by atoms with Crippen molar-refractivity contribution in [1.29, 1.82) is 0 Å². The van der Waals surface area contributed by atoms with Crippen molar-refractivity contribution in [3.8, 4) is 11.5 Å². The molecule has 0 aromatic heterocycles. The van der Waals surface area contributed by atoms with Gasteiger partial charge in [0.2, 0.25) is 0 Å². The monoisotopic (exact) mass is 328 g/mol. The highest BCUT2D eigenvalue weighted by Crippen LogP contribution is 2.28. The zero-order chi connectivity index (χ0) is 15.1. The third-order valence-corrected chi connectivity index (χ3v) is 4.28. The van der Waals surface area contributed by atoms with E-state index in [0.717, 1.165) is 30.5 Å². The standard InChI is InChI=1S/C17H28N2O2.ClH/c1-4-19(12-14-7-9-18-10-8-14)13-15-5-6-16(20-2)17(11-15)21-3;/h5-6,11,14,18H,4,7-10,12-13H2,1-3H3;1H. The first kappa shape index (κ1) is 19.1. The first-order chi connectivity index (χ1) is 10.3. The van der Waals surface area contributed by atoms with Crippen molar-refractivity contribution in [3.05, 3.63) is 23.8 Å². The van der Waals surface area contributed by atoms with Gasteiger partial charge in [0.05, 0.1) is 14.2 Å². The molecule has 1 aliphatic heterocycles. The summed E-state index contributed by atoms with van der Waals surface area (Å²) in [6.07, 6.45) is 2.59. The summed E-state index contributed by atoms with van der Waals surface area (Å²) in [5.41, 5.74) is 1.28. The minimum atomic E-state index is 0. The lowest BCUT2D eigenvalue weighted by molar-refractivity contribution is 0.207. The number of piperidine rings is 1. The predicted octanol–water partition coefficient (Wildman–Crippen LogP) is 2.95. The van der Waals surface area contributed by atoms with Crippen molar-refractivity contribution in [2.75, 3.05) is 40.4 Å². The molecule has 0 unspecified atom stereocenters. The fraction of sp³-hybridized carbons (Fsp3) is 0.647. The minimum absolute atomic E-state index is 0. The van der Waals surface area contributed by atoms with Gasteiger partial charge in [-0.05, 0) is 56.1 Å². The van der Waals surface area contributed by atoms with Gasteiger partial charge in [0, 0.05) is 13.1 Å². The zero-order valence-electron chi connectivity index (χ0n) is 13.9. The molecule has 1 aromatic rings. The van der Waals surface area contributed by atoms with Crippen LogP contribution in [-0.2, 0) is 6.54 Å². The van der Waals surface area contributed by atoms with Crippen molar-refractivity contribution >= 4 is 12.4 Å². The quantitative estimate of drug-likeness (QED) is 0.834. The van der Waals surface area contributed by atoms with Gasteiger partial charge in [-0.15, -0.1) is 12.4 Å². The van der Waals surface area contributed by atoms with Gasteiger partial charge in [0.25, 0.3) is 0 Å². The molecule has 0 bridgehead atoms. The molecule has 1 aliphatic rings. The van der Waals surface area contributed by atoms with Crippen LogP contribution < -0.4 is 14.8 Å². The smallest absolute Gasteiger partial charge is 0.161 e. The van der Waals surface area contributed by atoms with Crippen molar-refractivity contribution in [2.24, 2.45) is 5.92 Å². The number of halogens is 1. The van der Waals surface area contributed by atoms with E-state index in [1.807, 2.05) is 6.07 Å². The average molecular weight is 329 g/mol. The van der Waals surface area contributed by atoms with E-state index in [1.54, 1.807) is 14.2 Å². The van der Waals surface area contributed by atoms with Crippen molar-refractivity contribution in [1.82, 2.24) is 10.2 Å². The highest BCUT2D eigenvalue weighted by molar-refractivity contribution is 5.85. The van der Waals surface area contributed by atoms with Crippen molar-refractivity contribution in [2.45, 2.75) is 26.3 Å². The molecule has 0 atom stereocenters. The molecule has 1 aromatic carbocycles. The molecule has 1 saturated heterocycles. The SMILES string of the molecule is CCN(Cc1ccc(OC)c(OC)c1)CC1CCNCC1.Cl. The maximum atomic E-state index is 5.39. The molecule has 5 heteroatoms. The van der Waals surface area contributed by atoms with Gasteiger partial charge in [0.15, 0.2) is 11.5 Å². The molecular weight excluding hydrogens is 300 g/mol. The van der Waals surface area contributed by atoms with E-state index in [4.69, 9.17) is 9.47 Å². The highest BCUT2D eigenvalue weighted by atomic mass is 35.5. The first-order valence-electron chi connectivity index (χ1n) is 7.90. The molecule has 0 amide bonds. The molecule has 4 nitrogen and oxygen atoms in total. The molecular formula is C17H29ClN2O2. The van der Waals surface area contributed by atoms with Gasteiger partial charge in [-0.3, -0.25) is 4.90 Å². The second-order valence-corrected chi connectivity index (χ2v) is 5.71. The maximum Gasteiger partial charge on any atom is 0.161 e. The topological polar surface area (TPSA) is 33.7 Å². The number of nitrogens with one attached hydrogen (secondary N) is 1. The van der Waals surface area contributed by atoms with E-state index in [-0.39, 0.29) is 12.4 Å². The van der Waals surface area contributed by atoms with Gasteiger partial charge >= 0.3 is 0 Å². The lowest BCUT2D eigenvalue weighted by Crippen LogP contribution is -2.35. The normalized spacial score (nSPS) is 15.5. The van der Waals surface area contributed by atoms with Gasteiger partial charge in [-0.1, -0.05) is 13.0 Å². The van der Waals surface area contributed by atoms with E-state index >= 15 is 0 Å². The zero-order valence-corrected chi connectivity index (χ0v) is 14.7. The van der Waals surface area contributed by atoms with Crippen LogP contribution in [0.4, 0.5) is 0 Å². The summed E-state index contributed by atoms with van der Waals surface area (Å²) in [4.78, 5) is 2.53. The molecule has 0 radical (unpaired) electrons. The van der Waals surface area contributed by atoms with Gasteiger partial charge in [-0.2, -0.15) is 0 Å². The lowest BCUT2D eigenvalue weighted by Gasteiger charge is -2.29. The summed E-state index contributed by atoms with van der Waals surface area (Å²) in [6.45, 7) is 7.81. The molecule has 22 heavy (non-hydrogen) atoms. The fourth-order valence-corrected chi connectivity index (χ4v) is 2.97. The van der Waals surface area contributed by atoms with Crippen molar-refractivity contribution < 1.29 is 9.47 Å². The number of ether oxygens (including phenoxy) is 2. The van der Waals surface area contributed by atoms with Gasteiger partial charge in [-0.25, -0.2) is 0 Å². The van der Waals surface area contributed by atoms with E-state index in [2.05, 4.69) is 29.3 Å². The number of benzene rings is 1. The summed E-state index contributed by atoms with van der Waals surface area (Å²) >= 11 is 0. The number of nitrogens with zero attached hydrogens (tertiary/aromatic N) is 1. The van der Waals surface area contributed by atoms with Gasteiger partial charge in [0.1, 0.15) is 0 Å². The molecule has 2 rings (SSSR count). The van der Waals surface area contributed by atoms with E-state index in [1.165, 1.54) is 38.0 Å². The fourth-order valence-electron chi connectivity index (χ4n) is 2.97. The molecule has 126 valence electrons. The van der Waals surface area contributed by atoms with E-state index < -0.39 is 0 Å². The third-order valence-electron chi connectivity index (χ3n) is 4.28. The Balaban J connectivity index is 0.00000242. The van der Waals surface area contributed by atoms with Crippen LogP contribution in [0.25, 0.3) is 0 Å². The Morgan fingerprint density at radius 2 is 1.82 bits per heavy atom. The molecule has 1 fully saturated rings. The molecule has 0 spiro atoms. The lowest BCUT2D eigenvalue weighted by atomic mass is 9.97. The molecule has 0 aliphatic carbocycles. The van der Waals surface area contributed by atoms with E-state index in [0.29, 0.717) is 0 Å². The second-order valence-electron chi connectivity index (χ2n) is 5.71. The number of methoxy groups -OCH3 is 2. The summed E-state index contributed by atoms with van der Waals surface area (Å²) < 4.78 is 10.7. The van der Waals surface area contributed by atoms with Crippen LogP contribution in [-0.4, -0.2) is 45.3 Å². The van der Waals surface area contributed by atoms with Crippen LogP contribution in [0.1, 0.15) is 25.3 Å². The Kier molecular flexibility index (Phi) is 8.61. The number of hydrogen-bond donors (Lipinski definition) is 1. The average Bonchev–Trinajstić information content (AvgIpc) is 2.55. The molecule has 0 saturated carbocycles. The maximum absolute atomic E-state index is 5.39. The summed E-state index contributed by atoms with van der Waals surface area (Å²) in [7, 11) is 3.36. The Bertz CT molecular complexity index is 437. The largest absolute Gasteiger partial charge is 0.493 e. The Morgan fingerprint density at radius 1 is 1.14 bits per heavy atom. The van der Waals surface area contributed by atoms with Crippen LogP contribution in [0.5, 0.6) is 11.5 Å². The van der Waals surface area contributed by atoms with Crippen LogP contribution in [0.2, 0.25) is 0 Å². The highest BCUT2D eigenvalue weighted by Gasteiger charge is 2.16. The Morgan fingerprint density at radius 3 is 2.41 bits per heavy atom. The Labute approximate surface area is 140 Å². The van der Waals surface area contributed by atoms with Crippen LogP contribution >= 0.6 is 12.4 Å². The predicted molar refractivity (Wildman–Crippen MR) is 93.3 cm³/mol. The second kappa shape index (κ2) is 9.93. The van der Waals surface area contributed by atoms with Gasteiger partial charge < -0.3 is 14.8 Å². The first-order valence-corrected chi connectivity index (χ1v) is 7.90. The van der Waals surface area contributed by atoms with Crippen LogP contribution in [0.3, 0.4) is 0 Å². The number of hydrogen-bond acceptors (Lipinski definition) is 4. The van der Waals surface area contributed by atoms with E-state index in [9.17, 15) is 0 Å².